The number of hydrogen-bond acceptors (Lipinski definition) is 7. The minimum atomic E-state index is 0.218. The van der Waals surface area contributed by atoms with E-state index in [0.717, 1.165) is 18.7 Å². The molecule has 0 atom stereocenters. The monoisotopic (exact) mass is 276 g/mol. The highest BCUT2D eigenvalue weighted by Crippen LogP contribution is 2.12. The van der Waals surface area contributed by atoms with Crippen LogP contribution in [-0.4, -0.2) is 37.8 Å². The third kappa shape index (κ3) is 3.34. The highest BCUT2D eigenvalue weighted by atomic mass is 15.3. The van der Waals surface area contributed by atoms with Crippen molar-refractivity contribution in [1.29, 1.82) is 0 Å². The average Bonchev–Trinajstić information content (AvgIpc) is 2.83. The summed E-state index contributed by atoms with van der Waals surface area (Å²) < 4.78 is 1.75. The first-order valence-corrected chi connectivity index (χ1v) is 6.60. The Morgan fingerprint density at radius 1 is 1.25 bits per heavy atom. The molecule has 0 bridgehead atoms. The number of aryl methyl sites for hydroxylation is 1. The van der Waals surface area contributed by atoms with Gasteiger partial charge in [-0.3, -0.25) is 4.68 Å². The molecule has 0 saturated carbocycles. The van der Waals surface area contributed by atoms with Gasteiger partial charge in [0.1, 0.15) is 0 Å². The number of nitrogen functional groups attached to an aromatic ring is 1. The Labute approximate surface area is 118 Å². The molecule has 0 aliphatic rings. The maximum Gasteiger partial charge on any atom is 0.231 e. The lowest BCUT2D eigenvalue weighted by molar-refractivity contribution is 0.767. The number of nitrogens with one attached hydrogen (secondary N) is 1. The summed E-state index contributed by atoms with van der Waals surface area (Å²) >= 11 is 0. The Hall–Kier alpha value is -2.38. The molecule has 3 N–H and O–H groups in total. The van der Waals surface area contributed by atoms with Crippen molar-refractivity contribution in [3.8, 4) is 0 Å². The molecule has 0 amide bonds. The molecule has 8 heteroatoms. The summed E-state index contributed by atoms with van der Waals surface area (Å²) in [4.78, 5) is 14.7. The molecule has 0 unspecified atom stereocenters. The van der Waals surface area contributed by atoms with E-state index in [1.165, 1.54) is 0 Å². The first kappa shape index (κ1) is 14.0. The van der Waals surface area contributed by atoms with Gasteiger partial charge in [-0.15, -0.1) is 0 Å². The van der Waals surface area contributed by atoms with Crippen molar-refractivity contribution < 1.29 is 0 Å². The molecule has 0 fully saturated rings. The Morgan fingerprint density at radius 3 is 2.60 bits per heavy atom. The Bertz CT molecular complexity index is 560. The lowest BCUT2D eigenvalue weighted by atomic mass is 10.4. The van der Waals surface area contributed by atoms with Gasteiger partial charge in [0.25, 0.3) is 0 Å². The van der Waals surface area contributed by atoms with Crippen molar-refractivity contribution in [3.63, 3.8) is 0 Å². The van der Waals surface area contributed by atoms with Crippen molar-refractivity contribution in [3.05, 3.63) is 18.0 Å². The minimum Gasteiger partial charge on any atom is -0.368 e. The van der Waals surface area contributed by atoms with Crippen molar-refractivity contribution in [2.45, 2.75) is 20.4 Å². The van der Waals surface area contributed by atoms with E-state index >= 15 is 0 Å². The zero-order chi connectivity index (χ0) is 14.5. The van der Waals surface area contributed by atoms with E-state index in [2.05, 4.69) is 25.4 Å². The SMILES string of the molecule is CCN(CC)c1nc(N)nc(NCc2cnn(C)c2)n1. The molecule has 20 heavy (non-hydrogen) atoms. The predicted molar refractivity (Wildman–Crippen MR) is 78.3 cm³/mol. The Balaban J connectivity index is 2.11. The first-order valence-electron chi connectivity index (χ1n) is 6.60. The summed E-state index contributed by atoms with van der Waals surface area (Å²) in [6.07, 6.45) is 3.73. The molecule has 0 saturated heterocycles. The van der Waals surface area contributed by atoms with Gasteiger partial charge in [-0.05, 0) is 13.8 Å². The van der Waals surface area contributed by atoms with Crippen LogP contribution in [0.25, 0.3) is 0 Å². The van der Waals surface area contributed by atoms with Crippen LogP contribution in [0.1, 0.15) is 19.4 Å². The zero-order valence-corrected chi connectivity index (χ0v) is 12.0. The van der Waals surface area contributed by atoms with Gasteiger partial charge < -0.3 is 16.0 Å². The second kappa shape index (κ2) is 6.18. The van der Waals surface area contributed by atoms with E-state index in [4.69, 9.17) is 5.73 Å². The van der Waals surface area contributed by atoms with Gasteiger partial charge in [0, 0.05) is 38.4 Å². The van der Waals surface area contributed by atoms with E-state index in [1.807, 2.05) is 32.0 Å². The van der Waals surface area contributed by atoms with Crippen LogP contribution in [0.4, 0.5) is 17.8 Å². The Kier molecular flexibility index (Phi) is 4.34. The van der Waals surface area contributed by atoms with Crippen molar-refractivity contribution >= 4 is 17.8 Å². The van der Waals surface area contributed by atoms with E-state index < -0.39 is 0 Å². The summed E-state index contributed by atoms with van der Waals surface area (Å²) in [5.74, 6) is 1.29. The van der Waals surface area contributed by atoms with Gasteiger partial charge >= 0.3 is 0 Å². The Morgan fingerprint density at radius 2 is 2.00 bits per heavy atom. The summed E-state index contributed by atoms with van der Waals surface area (Å²) in [6.45, 7) is 6.33. The molecule has 0 spiro atoms. The standard InChI is InChI=1S/C12H20N8/c1-4-20(5-2)12-17-10(13)16-11(18-12)14-6-9-7-15-19(3)8-9/h7-8H,4-6H2,1-3H3,(H3,13,14,16,17,18). The maximum absolute atomic E-state index is 5.73. The van der Waals surface area contributed by atoms with E-state index in [-0.39, 0.29) is 5.95 Å². The van der Waals surface area contributed by atoms with Crippen LogP contribution in [-0.2, 0) is 13.6 Å². The fourth-order valence-corrected chi connectivity index (χ4v) is 1.85. The van der Waals surface area contributed by atoms with Gasteiger partial charge in [0.05, 0.1) is 6.20 Å². The van der Waals surface area contributed by atoms with Crippen LogP contribution in [0.15, 0.2) is 12.4 Å². The molecular weight excluding hydrogens is 256 g/mol. The van der Waals surface area contributed by atoms with Crippen LogP contribution >= 0.6 is 0 Å². The van der Waals surface area contributed by atoms with Crippen molar-refractivity contribution in [2.75, 3.05) is 29.0 Å². The van der Waals surface area contributed by atoms with Gasteiger partial charge in [-0.2, -0.15) is 20.1 Å². The molecule has 0 aliphatic heterocycles. The topological polar surface area (TPSA) is 97.8 Å². The molecular formula is C12H20N8. The van der Waals surface area contributed by atoms with Gasteiger partial charge in [-0.25, -0.2) is 0 Å². The number of rotatable bonds is 6. The molecule has 0 aromatic carbocycles. The van der Waals surface area contributed by atoms with E-state index in [1.54, 1.807) is 10.9 Å². The minimum absolute atomic E-state index is 0.218. The number of anilines is 3. The lowest BCUT2D eigenvalue weighted by Crippen LogP contribution is -2.25. The predicted octanol–water partition coefficient (Wildman–Crippen LogP) is 0.646. The molecule has 2 aromatic rings. The molecule has 0 radical (unpaired) electrons. The third-order valence-corrected chi connectivity index (χ3v) is 2.90. The van der Waals surface area contributed by atoms with Crippen molar-refractivity contribution in [2.24, 2.45) is 7.05 Å². The number of hydrogen-bond donors (Lipinski definition) is 2. The average molecular weight is 276 g/mol. The van der Waals surface area contributed by atoms with Crippen LogP contribution in [0, 0.1) is 0 Å². The summed E-state index contributed by atoms with van der Waals surface area (Å²) in [5.41, 5.74) is 6.79. The van der Waals surface area contributed by atoms with Gasteiger partial charge in [0.15, 0.2) is 0 Å². The summed E-state index contributed by atoms with van der Waals surface area (Å²) in [6, 6.07) is 0. The quantitative estimate of drug-likeness (QED) is 0.799. The molecule has 0 aliphatic carbocycles. The largest absolute Gasteiger partial charge is 0.368 e. The van der Waals surface area contributed by atoms with E-state index in [0.29, 0.717) is 18.4 Å². The number of nitrogens with two attached hydrogens (primary N) is 1. The third-order valence-electron chi connectivity index (χ3n) is 2.90. The van der Waals surface area contributed by atoms with Crippen molar-refractivity contribution in [1.82, 2.24) is 24.7 Å². The van der Waals surface area contributed by atoms with E-state index in [9.17, 15) is 0 Å². The maximum atomic E-state index is 5.73. The number of nitrogens with zero attached hydrogens (tertiary/aromatic N) is 6. The molecule has 108 valence electrons. The van der Waals surface area contributed by atoms with Crippen LogP contribution in [0.5, 0.6) is 0 Å². The van der Waals surface area contributed by atoms with Crippen LogP contribution < -0.4 is 16.0 Å². The van der Waals surface area contributed by atoms with Gasteiger partial charge in [-0.1, -0.05) is 0 Å². The number of aromatic nitrogens is 5. The highest BCUT2D eigenvalue weighted by Gasteiger charge is 2.09. The van der Waals surface area contributed by atoms with Crippen LogP contribution in [0.2, 0.25) is 0 Å². The molecule has 2 rings (SSSR count). The molecule has 8 nitrogen and oxygen atoms in total. The first-order chi connectivity index (χ1) is 9.62. The molecule has 2 aromatic heterocycles. The zero-order valence-electron chi connectivity index (χ0n) is 12.0. The second-order valence-corrected chi connectivity index (χ2v) is 4.37. The second-order valence-electron chi connectivity index (χ2n) is 4.37. The lowest BCUT2D eigenvalue weighted by Gasteiger charge is -2.18. The smallest absolute Gasteiger partial charge is 0.231 e. The molecule has 2 heterocycles. The summed E-state index contributed by atoms with van der Waals surface area (Å²) in [7, 11) is 1.88. The summed E-state index contributed by atoms with van der Waals surface area (Å²) in [5, 5.41) is 7.25. The highest BCUT2D eigenvalue weighted by molar-refractivity contribution is 5.41. The fraction of sp³-hybridized carbons (Fsp3) is 0.500. The van der Waals surface area contributed by atoms with Crippen LogP contribution in [0.3, 0.4) is 0 Å². The normalized spacial score (nSPS) is 10.6. The van der Waals surface area contributed by atoms with Gasteiger partial charge in [0.2, 0.25) is 17.8 Å². The fourth-order valence-electron chi connectivity index (χ4n) is 1.85.